The van der Waals surface area contributed by atoms with Crippen molar-refractivity contribution in [1.29, 1.82) is 0 Å². The van der Waals surface area contributed by atoms with E-state index in [9.17, 15) is 8.42 Å². The molecule has 126 valence electrons. The van der Waals surface area contributed by atoms with E-state index in [0.717, 1.165) is 12.0 Å². The van der Waals surface area contributed by atoms with Crippen LogP contribution in [0.2, 0.25) is 0 Å². The number of nitrogens with zero attached hydrogens (tertiary/aromatic N) is 1. The molecule has 1 fully saturated rings. The van der Waals surface area contributed by atoms with E-state index in [0.29, 0.717) is 18.0 Å². The van der Waals surface area contributed by atoms with Gasteiger partial charge in [-0.05, 0) is 48.9 Å². The van der Waals surface area contributed by atoms with E-state index in [2.05, 4.69) is 20.8 Å². The Hall–Kier alpha value is -0.620. The van der Waals surface area contributed by atoms with E-state index in [-0.39, 0.29) is 29.8 Å². The van der Waals surface area contributed by atoms with Crippen molar-refractivity contribution in [2.24, 2.45) is 11.7 Å². The third-order valence-corrected chi connectivity index (χ3v) is 6.26. The minimum atomic E-state index is -3.42. The molecule has 1 aromatic carbocycles. The van der Waals surface area contributed by atoms with Crippen LogP contribution in [0.5, 0.6) is 0 Å². The molecule has 0 radical (unpaired) electrons. The Bertz CT molecular complexity index is 594. The predicted octanol–water partition coefficient (Wildman–Crippen LogP) is 2.76. The lowest BCUT2D eigenvalue weighted by Crippen LogP contribution is -2.34. The fraction of sp³-hybridized carbons (Fsp3) is 0.625. The van der Waals surface area contributed by atoms with Crippen molar-refractivity contribution in [1.82, 2.24) is 4.31 Å². The van der Waals surface area contributed by atoms with Crippen LogP contribution in [0.3, 0.4) is 0 Å². The molecule has 1 heterocycles. The molecule has 0 saturated carbocycles. The van der Waals surface area contributed by atoms with Crippen molar-refractivity contribution < 1.29 is 8.42 Å². The molecule has 0 amide bonds. The topological polar surface area (TPSA) is 63.4 Å². The Kier molecular flexibility index (Phi) is 6.07. The largest absolute Gasteiger partial charge is 0.330 e. The summed E-state index contributed by atoms with van der Waals surface area (Å²) in [5.74, 6) is 0.267. The molecule has 2 atom stereocenters. The zero-order chi connectivity index (χ0) is 15.8. The Balaban J connectivity index is 0.00000242. The number of sulfonamides is 1. The van der Waals surface area contributed by atoms with E-state index in [1.54, 1.807) is 16.4 Å². The van der Waals surface area contributed by atoms with Gasteiger partial charge in [0.05, 0.1) is 4.90 Å². The van der Waals surface area contributed by atoms with Gasteiger partial charge in [-0.15, -0.1) is 12.4 Å². The first kappa shape index (κ1) is 19.4. The van der Waals surface area contributed by atoms with Crippen LogP contribution in [0, 0.1) is 5.92 Å². The monoisotopic (exact) mass is 346 g/mol. The highest BCUT2D eigenvalue weighted by atomic mass is 35.5. The maximum Gasteiger partial charge on any atom is 0.243 e. The van der Waals surface area contributed by atoms with Gasteiger partial charge < -0.3 is 5.73 Å². The molecule has 1 aliphatic heterocycles. The second-order valence-corrected chi connectivity index (χ2v) is 8.93. The summed E-state index contributed by atoms with van der Waals surface area (Å²) in [5, 5.41) is 0. The van der Waals surface area contributed by atoms with Gasteiger partial charge in [0.2, 0.25) is 10.0 Å². The van der Waals surface area contributed by atoms with E-state index in [1.807, 2.05) is 19.1 Å². The van der Waals surface area contributed by atoms with E-state index >= 15 is 0 Å². The predicted molar refractivity (Wildman–Crippen MR) is 92.9 cm³/mol. The minimum absolute atomic E-state index is 0. The van der Waals surface area contributed by atoms with Gasteiger partial charge in [0.15, 0.2) is 0 Å². The summed E-state index contributed by atoms with van der Waals surface area (Å²) in [7, 11) is -3.42. The van der Waals surface area contributed by atoms with Crippen LogP contribution in [0.1, 0.15) is 39.7 Å². The fourth-order valence-electron chi connectivity index (χ4n) is 2.88. The van der Waals surface area contributed by atoms with E-state index in [4.69, 9.17) is 5.73 Å². The van der Waals surface area contributed by atoms with Crippen molar-refractivity contribution in [2.75, 3.05) is 13.1 Å². The fourth-order valence-corrected chi connectivity index (χ4v) is 4.59. The van der Waals surface area contributed by atoms with E-state index < -0.39 is 10.0 Å². The average Bonchev–Trinajstić information content (AvgIpc) is 2.80. The standard InChI is InChI=1S/C16H26N2O2S.ClH/c1-12-9-13(10-17)11-18(12)21(19,20)15-7-5-14(6-8-15)16(2,3)4;/h5-8,12-13H,9-11,17H2,1-4H3;1H. The summed E-state index contributed by atoms with van der Waals surface area (Å²) in [5.41, 5.74) is 6.84. The van der Waals surface area contributed by atoms with Crippen molar-refractivity contribution in [2.45, 2.75) is 50.5 Å². The summed E-state index contributed by atoms with van der Waals surface area (Å²) in [6.45, 7) is 9.37. The van der Waals surface area contributed by atoms with Crippen molar-refractivity contribution >= 4 is 22.4 Å². The molecule has 1 aromatic rings. The summed E-state index contributed by atoms with van der Waals surface area (Å²) in [4.78, 5) is 0.375. The van der Waals surface area contributed by atoms with Crippen LogP contribution in [0.15, 0.2) is 29.2 Å². The van der Waals surface area contributed by atoms with Crippen LogP contribution in [0.25, 0.3) is 0 Å². The van der Waals surface area contributed by atoms with Gasteiger partial charge in [0, 0.05) is 12.6 Å². The smallest absolute Gasteiger partial charge is 0.243 e. The molecule has 0 aromatic heterocycles. The molecular weight excluding hydrogens is 320 g/mol. The van der Waals surface area contributed by atoms with Crippen molar-refractivity contribution in [3.8, 4) is 0 Å². The summed E-state index contributed by atoms with van der Waals surface area (Å²) in [6, 6.07) is 7.28. The highest BCUT2D eigenvalue weighted by Crippen LogP contribution is 2.30. The highest BCUT2D eigenvalue weighted by molar-refractivity contribution is 7.89. The van der Waals surface area contributed by atoms with Gasteiger partial charge in [-0.25, -0.2) is 8.42 Å². The Morgan fingerprint density at radius 2 is 1.77 bits per heavy atom. The van der Waals surface area contributed by atoms with Gasteiger partial charge in [0.1, 0.15) is 0 Å². The zero-order valence-corrected chi connectivity index (χ0v) is 15.4. The minimum Gasteiger partial charge on any atom is -0.330 e. The van der Waals surface area contributed by atoms with Gasteiger partial charge in [-0.2, -0.15) is 4.31 Å². The normalized spacial score (nSPS) is 23.3. The van der Waals surface area contributed by atoms with Gasteiger partial charge >= 0.3 is 0 Å². The molecule has 2 rings (SSSR count). The molecule has 0 bridgehead atoms. The Labute approximate surface area is 140 Å². The van der Waals surface area contributed by atoms with Crippen LogP contribution >= 0.6 is 12.4 Å². The van der Waals surface area contributed by atoms with Crippen molar-refractivity contribution in [3.63, 3.8) is 0 Å². The van der Waals surface area contributed by atoms with Gasteiger partial charge in [-0.3, -0.25) is 0 Å². The molecular formula is C16H27ClN2O2S. The number of nitrogens with two attached hydrogens (primary N) is 1. The molecule has 2 unspecified atom stereocenters. The lowest BCUT2D eigenvalue weighted by atomic mass is 9.87. The first-order chi connectivity index (χ1) is 9.66. The Morgan fingerprint density at radius 3 is 2.18 bits per heavy atom. The lowest BCUT2D eigenvalue weighted by Gasteiger charge is -2.23. The second kappa shape index (κ2) is 6.87. The third kappa shape index (κ3) is 3.82. The summed E-state index contributed by atoms with van der Waals surface area (Å²) >= 11 is 0. The molecule has 22 heavy (non-hydrogen) atoms. The Morgan fingerprint density at radius 1 is 1.23 bits per heavy atom. The summed E-state index contributed by atoms with van der Waals surface area (Å²) < 4.78 is 27.1. The van der Waals surface area contributed by atoms with Crippen LogP contribution in [0.4, 0.5) is 0 Å². The maximum atomic E-state index is 12.8. The van der Waals surface area contributed by atoms with E-state index in [1.165, 1.54) is 0 Å². The number of hydrogen-bond acceptors (Lipinski definition) is 3. The second-order valence-electron chi connectivity index (χ2n) is 7.04. The molecule has 2 N–H and O–H groups in total. The van der Waals surface area contributed by atoms with Gasteiger partial charge in [0.25, 0.3) is 0 Å². The van der Waals surface area contributed by atoms with Crippen LogP contribution in [-0.4, -0.2) is 31.9 Å². The number of halogens is 1. The molecule has 6 heteroatoms. The molecule has 4 nitrogen and oxygen atoms in total. The first-order valence-corrected chi connectivity index (χ1v) is 8.92. The summed E-state index contributed by atoms with van der Waals surface area (Å²) in [6.07, 6.45) is 0.843. The van der Waals surface area contributed by atoms with Crippen LogP contribution in [-0.2, 0) is 15.4 Å². The first-order valence-electron chi connectivity index (χ1n) is 7.48. The van der Waals surface area contributed by atoms with Gasteiger partial charge in [-0.1, -0.05) is 32.9 Å². The number of rotatable bonds is 3. The molecule has 0 aliphatic carbocycles. The zero-order valence-electron chi connectivity index (χ0n) is 13.7. The quantitative estimate of drug-likeness (QED) is 0.915. The SMILES string of the molecule is CC1CC(CN)CN1S(=O)(=O)c1ccc(C(C)(C)C)cc1.Cl. The lowest BCUT2D eigenvalue weighted by molar-refractivity contribution is 0.404. The third-order valence-electron chi connectivity index (χ3n) is 4.26. The van der Waals surface area contributed by atoms with Crippen molar-refractivity contribution in [3.05, 3.63) is 29.8 Å². The number of benzene rings is 1. The maximum absolute atomic E-state index is 12.8. The number of hydrogen-bond donors (Lipinski definition) is 1. The molecule has 0 spiro atoms. The molecule has 1 aliphatic rings. The average molecular weight is 347 g/mol. The highest BCUT2D eigenvalue weighted by Gasteiger charge is 2.37. The molecule has 1 saturated heterocycles. The van der Waals surface area contributed by atoms with Crippen LogP contribution < -0.4 is 5.73 Å².